The minimum atomic E-state index is -0.0371. The lowest BCUT2D eigenvalue weighted by Gasteiger charge is -2.13. The maximum Gasteiger partial charge on any atom is 0.258 e. The van der Waals surface area contributed by atoms with E-state index in [0.29, 0.717) is 5.82 Å². The van der Waals surface area contributed by atoms with Gasteiger partial charge in [-0.25, -0.2) is 4.98 Å². The first-order valence-corrected chi connectivity index (χ1v) is 5.22. The highest BCUT2D eigenvalue weighted by molar-refractivity contribution is 5.47. The van der Waals surface area contributed by atoms with E-state index in [4.69, 9.17) is 0 Å². The van der Waals surface area contributed by atoms with Crippen molar-refractivity contribution in [3.8, 4) is 5.69 Å². The quantitative estimate of drug-likeness (QED) is 0.729. The predicted octanol–water partition coefficient (Wildman–Crippen LogP) is 2.16. The van der Waals surface area contributed by atoms with Gasteiger partial charge in [-0.05, 0) is 31.9 Å². The summed E-state index contributed by atoms with van der Waals surface area (Å²) in [6.45, 7) is 5.84. The molecule has 0 atom stereocenters. The number of hydrogen-bond donors (Lipinski definition) is 0. The van der Waals surface area contributed by atoms with E-state index in [1.54, 1.807) is 10.8 Å². The molecule has 0 amide bonds. The van der Waals surface area contributed by atoms with Crippen LogP contribution in [0.4, 0.5) is 0 Å². The van der Waals surface area contributed by atoms with Crippen molar-refractivity contribution in [1.82, 2.24) is 9.55 Å². The van der Waals surface area contributed by atoms with Gasteiger partial charge in [0, 0.05) is 12.3 Å². The smallest absolute Gasteiger partial charge is 0.258 e. The second-order valence-electron chi connectivity index (χ2n) is 3.91. The fourth-order valence-electron chi connectivity index (χ4n) is 1.93. The van der Waals surface area contributed by atoms with Gasteiger partial charge < -0.3 is 0 Å². The van der Waals surface area contributed by atoms with Crippen LogP contribution in [-0.2, 0) is 0 Å². The molecular formula is C13H14N2O. The molecule has 2 rings (SSSR count). The van der Waals surface area contributed by atoms with Crippen LogP contribution in [0, 0.1) is 20.8 Å². The molecule has 2 aromatic rings. The topological polar surface area (TPSA) is 34.9 Å². The average Bonchev–Trinajstić information content (AvgIpc) is 2.21. The maximum atomic E-state index is 11.9. The Bertz CT molecular complexity index is 564. The zero-order chi connectivity index (χ0) is 11.7. The normalized spacial score (nSPS) is 10.4. The zero-order valence-corrected chi connectivity index (χ0v) is 9.69. The molecule has 82 valence electrons. The number of rotatable bonds is 1. The Kier molecular flexibility index (Phi) is 2.60. The van der Waals surface area contributed by atoms with Crippen LogP contribution in [0.25, 0.3) is 5.69 Å². The third kappa shape index (κ3) is 1.65. The molecule has 3 nitrogen and oxygen atoms in total. The van der Waals surface area contributed by atoms with Crippen LogP contribution in [0.1, 0.15) is 17.0 Å². The van der Waals surface area contributed by atoms with Crippen LogP contribution in [-0.4, -0.2) is 9.55 Å². The van der Waals surface area contributed by atoms with E-state index >= 15 is 0 Å². The van der Waals surface area contributed by atoms with Gasteiger partial charge in [-0.15, -0.1) is 0 Å². The van der Waals surface area contributed by atoms with Crippen molar-refractivity contribution in [3.05, 3.63) is 57.8 Å². The standard InChI is InChI=1S/C13H14N2O/c1-9-5-4-6-10(2)13(9)15-11(3)14-8-7-12(15)16/h4-8H,1-3H3. The van der Waals surface area contributed by atoms with E-state index in [2.05, 4.69) is 4.98 Å². The molecule has 1 aromatic heterocycles. The Morgan fingerprint density at radius 2 is 1.69 bits per heavy atom. The summed E-state index contributed by atoms with van der Waals surface area (Å²) in [6.07, 6.45) is 1.54. The second kappa shape index (κ2) is 3.93. The minimum Gasteiger partial charge on any atom is -0.269 e. The molecule has 16 heavy (non-hydrogen) atoms. The molecule has 0 aliphatic rings. The lowest BCUT2D eigenvalue weighted by Crippen LogP contribution is -2.22. The van der Waals surface area contributed by atoms with Crippen LogP contribution >= 0.6 is 0 Å². The summed E-state index contributed by atoms with van der Waals surface area (Å²) in [5.74, 6) is 0.713. The third-order valence-electron chi connectivity index (χ3n) is 2.69. The van der Waals surface area contributed by atoms with Crippen molar-refractivity contribution >= 4 is 0 Å². The Balaban J connectivity index is 2.83. The molecule has 0 unspecified atom stereocenters. The SMILES string of the molecule is Cc1cccc(C)c1-n1c(C)nccc1=O. The van der Waals surface area contributed by atoms with E-state index in [-0.39, 0.29) is 5.56 Å². The van der Waals surface area contributed by atoms with Gasteiger partial charge in [0.15, 0.2) is 0 Å². The summed E-state index contributed by atoms with van der Waals surface area (Å²) in [5.41, 5.74) is 3.07. The van der Waals surface area contributed by atoms with E-state index in [9.17, 15) is 4.79 Å². The van der Waals surface area contributed by atoms with Gasteiger partial charge in [0.25, 0.3) is 5.56 Å². The van der Waals surface area contributed by atoms with Gasteiger partial charge in [0.2, 0.25) is 0 Å². The van der Waals surface area contributed by atoms with E-state index in [1.807, 2.05) is 39.0 Å². The molecule has 1 heterocycles. The largest absolute Gasteiger partial charge is 0.269 e. The molecule has 0 spiro atoms. The second-order valence-corrected chi connectivity index (χ2v) is 3.91. The average molecular weight is 214 g/mol. The summed E-state index contributed by atoms with van der Waals surface area (Å²) in [5, 5.41) is 0. The molecule has 0 saturated carbocycles. The van der Waals surface area contributed by atoms with Crippen LogP contribution in [0.15, 0.2) is 35.3 Å². The molecule has 0 N–H and O–H groups in total. The van der Waals surface area contributed by atoms with Gasteiger partial charge in [0.1, 0.15) is 5.82 Å². The van der Waals surface area contributed by atoms with Crippen molar-refractivity contribution in [2.75, 3.05) is 0 Å². The van der Waals surface area contributed by atoms with Crippen molar-refractivity contribution < 1.29 is 0 Å². The lowest BCUT2D eigenvalue weighted by atomic mass is 10.1. The Hall–Kier alpha value is -1.90. The number of hydrogen-bond acceptors (Lipinski definition) is 2. The van der Waals surface area contributed by atoms with Crippen LogP contribution in [0.2, 0.25) is 0 Å². The molecule has 0 aliphatic heterocycles. The van der Waals surface area contributed by atoms with Crippen molar-refractivity contribution in [3.63, 3.8) is 0 Å². The number of benzene rings is 1. The van der Waals surface area contributed by atoms with Gasteiger partial charge in [-0.2, -0.15) is 0 Å². The van der Waals surface area contributed by atoms with Crippen molar-refractivity contribution in [2.24, 2.45) is 0 Å². The van der Waals surface area contributed by atoms with Crippen molar-refractivity contribution in [1.29, 1.82) is 0 Å². The fourth-order valence-corrected chi connectivity index (χ4v) is 1.93. The Morgan fingerprint density at radius 1 is 1.06 bits per heavy atom. The first-order valence-electron chi connectivity index (χ1n) is 5.22. The molecule has 3 heteroatoms. The highest BCUT2D eigenvalue weighted by atomic mass is 16.1. The van der Waals surface area contributed by atoms with Gasteiger partial charge in [-0.1, -0.05) is 18.2 Å². The molecule has 0 saturated heterocycles. The summed E-state index contributed by atoms with van der Waals surface area (Å²) in [7, 11) is 0. The molecule has 0 fully saturated rings. The number of aryl methyl sites for hydroxylation is 3. The lowest BCUT2D eigenvalue weighted by molar-refractivity contribution is 0.858. The number of aromatic nitrogens is 2. The van der Waals surface area contributed by atoms with E-state index in [1.165, 1.54) is 6.07 Å². The zero-order valence-electron chi connectivity index (χ0n) is 9.69. The third-order valence-corrected chi connectivity index (χ3v) is 2.69. The number of nitrogens with zero attached hydrogens (tertiary/aromatic N) is 2. The monoisotopic (exact) mass is 214 g/mol. The first kappa shape index (κ1) is 10.6. The molecule has 1 aromatic carbocycles. The van der Waals surface area contributed by atoms with E-state index < -0.39 is 0 Å². The minimum absolute atomic E-state index is 0.0371. The summed E-state index contributed by atoms with van der Waals surface area (Å²) < 4.78 is 1.66. The van der Waals surface area contributed by atoms with Crippen LogP contribution in [0.5, 0.6) is 0 Å². The summed E-state index contributed by atoms with van der Waals surface area (Å²) in [4.78, 5) is 16.0. The number of para-hydroxylation sites is 1. The fraction of sp³-hybridized carbons (Fsp3) is 0.231. The Morgan fingerprint density at radius 3 is 2.25 bits per heavy atom. The summed E-state index contributed by atoms with van der Waals surface area (Å²) in [6, 6.07) is 7.48. The Labute approximate surface area is 94.4 Å². The summed E-state index contributed by atoms with van der Waals surface area (Å²) >= 11 is 0. The molecule has 0 aliphatic carbocycles. The highest BCUT2D eigenvalue weighted by Gasteiger charge is 2.08. The first-order chi connectivity index (χ1) is 7.61. The van der Waals surface area contributed by atoms with E-state index in [0.717, 1.165) is 16.8 Å². The van der Waals surface area contributed by atoms with Crippen LogP contribution < -0.4 is 5.56 Å². The van der Waals surface area contributed by atoms with Gasteiger partial charge >= 0.3 is 0 Å². The molecule has 0 bridgehead atoms. The van der Waals surface area contributed by atoms with Crippen LogP contribution in [0.3, 0.4) is 0 Å². The van der Waals surface area contributed by atoms with Gasteiger partial charge in [-0.3, -0.25) is 9.36 Å². The van der Waals surface area contributed by atoms with Crippen molar-refractivity contribution in [2.45, 2.75) is 20.8 Å². The molecular weight excluding hydrogens is 200 g/mol. The predicted molar refractivity (Wildman–Crippen MR) is 64.0 cm³/mol. The maximum absolute atomic E-state index is 11.9. The molecule has 0 radical (unpaired) electrons. The highest BCUT2D eigenvalue weighted by Crippen LogP contribution is 2.17. The van der Waals surface area contributed by atoms with Gasteiger partial charge in [0.05, 0.1) is 5.69 Å².